The third kappa shape index (κ3) is 1.89. The van der Waals surface area contributed by atoms with Crippen LogP contribution in [0.4, 0.5) is 0 Å². The second-order valence-corrected chi connectivity index (χ2v) is 6.41. The summed E-state index contributed by atoms with van der Waals surface area (Å²) >= 11 is 1.61. The lowest BCUT2D eigenvalue weighted by molar-refractivity contribution is 0.562. The molecule has 0 aliphatic rings. The number of rotatable bonds is 2. The molecule has 0 radical (unpaired) electrons. The van der Waals surface area contributed by atoms with Crippen molar-refractivity contribution in [3.63, 3.8) is 0 Å². The molecule has 0 fully saturated rings. The Hall–Kier alpha value is -1.59. The summed E-state index contributed by atoms with van der Waals surface area (Å²) in [6, 6.07) is 3.85. The Morgan fingerprint density at radius 3 is 2.79 bits per heavy atom. The molecule has 0 atom stereocenters. The van der Waals surface area contributed by atoms with Crippen molar-refractivity contribution in [2.24, 2.45) is 5.73 Å². The molecule has 0 unspecified atom stereocenters. The maximum Gasteiger partial charge on any atom is 0.194 e. The van der Waals surface area contributed by atoms with E-state index < -0.39 is 0 Å². The van der Waals surface area contributed by atoms with Crippen LogP contribution in [0.5, 0.6) is 0 Å². The molecular weight excluding hydrogens is 258 g/mol. The fraction of sp³-hybridized carbons (Fsp3) is 0.357. The van der Waals surface area contributed by atoms with Gasteiger partial charge in [0.1, 0.15) is 5.69 Å². The summed E-state index contributed by atoms with van der Waals surface area (Å²) in [5.41, 5.74) is 9.09. The Kier molecular flexibility index (Phi) is 2.76. The van der Waals surface area contributed by atoms with Gasteiger partial charge in [-0.2, -0.15) is 0 Å². The molecule has 100 valence electrons. The highest BCUT2D eigenvalue weighted by atomic mass is 32.1. The normalized spacial score (nSPS) is 12.4. The lowest BCUT2D eigenvalue weighted by atomic mass is 9.90. The Morgan fingerprint density at radius 1 is 1.42 bits per heavy atom. The quantitative estimate of drug-likeness (QED) is 0.779. The number of furan rings is 1. The largest absolute Gasteiger partial charge is 0.463 e. The van der Waals surface area contributed by atoms with Crippen LogP contribution >= 0.6 is 11.3 Å². The highest BCUT2D eigenvalue weighted by Crippen LogP contribution is 2.33. The maximum absolute atomic E-state index is 5.95. The number of hydrogen-bond acceptors (Lipinski definition) is 4. The first kappa shape index (κ1) is 12.4. The molecule has 0 aromatic carbocycles. The molecule has 2 N–H and O–H groups in total. The van der Waals surface area contributed by atoms with E-state index in [-0.39, 0.29) is 5.41 Å². The van der Waals surface area contributed by atoms with Gasteiger partial charge < -0.3 is 10.2 Å². The molecule has 0 aliphatic carbocycles. The van der Waals surface area contributed by atoms with E-state index in [1.165, 1.54) is 0 Å². The maximum atomic E-state index is 5.95. The van der Waals surface area contributed by atoms with Crippen LogP contribution in [0.1, 0.15) is 32.2 Å². The Morgan fingerprint density at radius 2 is 2.21 bits per heavy atom. The van der Waals surface area contributed by atoms with Gasteiger partial charge in [-0.3, -0.25) is 4.40 Å². The third-order valence-corrected chi connectivity index (χ3v) is 3.96. The Labute approximate surface area is 115 Å². The van der Waals surface area contributed by atoms with Crippen molar-refractivity contribution in [1.82, 2.24) is 9.38 Å². The lowest BCUT2D eigenvalue weighted by Gasteiger charge is -2.17. The standard InChI is InChI=1S/C14H17N3OS/c1-14(2,3)12-9(7-15)17-10(8-19-13(17)16-12)11-5-4-6-18-11/h4-6,8H,7,15H2,1-3H3. The van der Waals surface area contributed by atoms with Gasteiger partial charge in [0.25, 0.3) is 0 Å². The summed E-state index contributed by atoms with van der Waals surface area (Å²) in [4.78, 5) is 5.71. The second-order valence-electron chi connectivity index (χ2n) is 5.58. The van der Waals surface area contributed by atoms with Crippen LogP contribution in [-0.2, 0) is 12.0 Å². The van der Waals surface area contributed by atoms with Gasteiger partial charge in [-0.15, -0.1) is 11.3 Å². The van der Waals surface area contributed by atoms with Crippen LogP contribution in [0.3, 0.4) is 0 Å². The summed E-state index contributed by atoms with van der Waals surface area (Å²) in [5, 5.41) is 2.06. The van der Waals surface area contributed by atoms with Crippen LogP contribution in [0.25, 0.3) is 16.4 Å². The van der Waals surface area contributed by atoms with Gasteiger partial charge in [0.15, 0.2) is 10.7 Å². The van der Waals surface area contributed by atoms with Crippen LogP contribution in [-0.4, -0.2) is 9.38 Å². The van der Waals surface area contributed by atoms with Crippen LogP contribution in [0.15, 0.2) is 28.2 Å². The second kappa shape index (κ2) is 4.21. The average Bonchev–Trinajstić information content (AvgIpc) is 3.02. The highest BCUT2D eigenvalue weighted by Gasteiger charge is 2.25. The highest BCUT2D eigenvalue weighted by molar-refractivity contribution is 7.15. The van der Waals surface area contributed by atoms with Crippen LogP contribution in [0, 0.1) is 0 Å². The zero-order valence-corrected chi connectivity index (χ0v) is 12.1. The van der Waals surface area contributed by atoms with Crippen LogP contribution < -0.4 is 5.73 Å². The fourth-order valence-electron chi connectivity index (χ4n) is 2.30. The minimum absolute atomic E-state index is 0.0130. The van der Waals surface area contributed by atoms with Crippen molar-refractivity contribution in [3.8, 4) is 11.5 Å². The molecule has 0 amide bonds. The molecule has 0 saturated carbocycles. The number of aromatic nitrogens is 2. The molecule has 4 nitrogen and oxygen atoms in total. The van der Waals surface area contributed by atoms with E-state index in [0.29, 0.717) is 6.54 Å². The monoisotopic (exact) mass is 275 g/mol. The number of nitrogens with two attached hydrogens (primary N) is 1. The first-order valence-electron chi connectivity index (χ1n) is 6.25. The lowest BCUT2D eigenvalue weighted by Crippen LogP contribution is -2.17. The van der Waals surface area contributed by atoms with Gasteiger partial charge in [-0.05, 0) is 12.1 Å². The minimum atomic E-state index is -0.0130. The van der Waals surface area contributed by atoms with E-state index in [2.05, 4.69) is 30.6 Å². The summed E-state index contributed by atoms with van der Waals surface area (Å²) in [6.07, 6.45) is 1.68. The van der Waals surface area contributed by atoms with Crippen molar-refractivity contribution in [2.75, 3.05) is 0 Å². The molecule has 3 aromatic heterocycles. The third-order valence-electron chi connectivity index (χ3n) is 3.14. The molecule has 0 aliphatic heterocycles. The molecule has 0 spiro atoms. The summed E-state index contributed by atoms with van der Waals surface area (Å²) in [5.74, 6) is 0.846. The van der Waals surface area contributed by atoms with E-state index in [1.54, 1.807) is 17.6 Å². The fourth-order valence-corrected chi connectivity index (χ4v) is 3.20. The molecular formula is C14H17N3OS. The van der Waals surface area contributed by atoms with Gasteiger partial charge in [0, 0.05) is 17.3 Å². The molecule has 5 heteroatoms. The van der Waals surface area contributed by atoms with Crippen molar-refractivity contribution in [2.45, 2.75) is 32.7 Å². The predicted octanol–water partition coefficient (Wildman–Crippen LogP) is 3.41. The Bertz CT molecular complexity index is 701. The molecule has 19 heavy (non-hydrogen) atoms. The van der Waals surface area contributed by atoms with E-state index in [9.17, 15) is 0 Å². The van der Waals surface area contributed by atoms with Gasteiger partial charge in [-0.1, -0.05) is 20.8 Å². The molecule has 0 bridgehead atoms. The zero-order valence-electron chi connectivity index (χ0n) is 11.3. The topological polar surface area (TPSA) is 56.5 Å². The number of nitrogens with zero attached hydrogens (tertiary/aromatic N) is 2. The number of imidazole rings is 1. The van der Waals surface area contributed by atoms with Gasteiger partial charge in [-0.25, -0.2) is 4.98 Å². The van der Waals surface area contributed by atoms with Crippen molar-refractivity contribution < 1.29 is 4.42 Å². The predicted molar refractivity (Wildman–Crippen MR) is 77.4 cm³/mol. The summed E-state index contributed by atoms with van der Waals surface area (Å²) < 4.78 is 7.61. The SMILES string of the molecule is CC(C)(C)c1nc2scc(-c3ccco3)n2c1CN. The van der Waals surface area contributed by atoms with Crippen molar-refractivity contribution in [3.05, 3.63) is 35.2 Å². The Balaban J connectivity index is 2.30. The first-order chi connectivity index (χ1) is 9.02. The van der Waals surface area contributed by atoms with E-state index in [1.807, 2.05) is 12.1 Å². The van der Waals surface area contributed by atoms with Gasteiger partial charge in [0.2, 0.25) is 0 Å². The summed E-state index contributed by atoms with van der Waals surface area (Å²) in [7, 11) is 0. The van der Waals surface area contributed by atoms with E-state index in [4.69, 9.17) is 15.1 Å². The van der Waals surface area contributed by atoms with Gasteiger partial charge in [0.05, 0.1) is 17.7 Å². The number of thiazole rings is 1. The smallest absolute Gasteiger partial charge is 0.194 e. The molecule has 3 heterocycles. The van der Waals surface area contributed by atoms with E-state index in [0.717, 1.165) is 27.8 Å². The first-order valence-corrected chi connectivity index (χ1v) is 7.13. The van der Waals surface area contributed by atoms with Crippen LogP contribution in [0.2, 0.25) is 0 Å². The van der Waals surface area contributed by atoms with Gasteiger partial charge >= 0.3 is 0 Å². The number of hydrogen-bond donors (Lipinski definition) is 1. The van der Waals surface area contributed by atoms with Crippen molar-refractivity contribution in [1.29, 1.82) is 0 Å². The molecule has 3 aromatic rings. The average molecular weight is 275 g/mol. The number of fused-ring (bicyclic) bond motifs is 1. The molecule has 0 saturated heterocycles. The van der Waals surface area contributed by atoms with Crippen molar-refractivity contribution >= 4 is 16.3 Å². The minimum Gasteiger partial charge on any atom is -0.463 e. The zero-order chi connectivity index (χ0) is 13.6. The molecule has 3 rings (SSSR count). The summed E-state index contributed by atoms with van der Waals surface area (Å²) in [6.45, 7) is 6.94. The van der Waals surface area contributed by atoms with E-state index >= 15 is 0 Å².